The van der Waals surface area contributed by atoms with Gasteiger partial charge in [0.15, 0.2) is 4.34 Å². The number of thiazole rings is 1. The van der Waals surface area contributed by atoms with Crippen molar-refractivity contribution < 1.29 is 4.79 Å². The van der Waals surface area contributed by atoms with E-state index in [-0.39, 0.29) is 5.91 Å². The van der Waals surface area contributed by atoms with Crippen LogP contribution in [0.15, 0.2) is 46.8 Å². The van der Waals surface area contributed by atoms with E-state index < -0.39 is 0 Å². The molecule has 2 aromatic carbocycles. The number of aryl methyl sites for hydroxylation is 1. The molecule has 0 aliphatic heterocycles. The molecule has 0 aliphatic rings. The average Bonchev–Trinajstić information content (AvgIpc) is 2.98. The second-order valence-corrected chi connectivity index (χ2v) is 10.1. The van der Waals surface area contributed by atoms with E-state index >= 15 is 0 Å². The Balaban J connectivity index is 1.60. The fraction of sp³-hybridized carbons (Fsp3) is 0.158. The smallest absolute Gasteiger partial charge is 0.234 e. The van der Waals surface area contributed by atoms with Gasteiger partial charge in [0.1, 0.15) is 0 Å². The van der Waals surface area contributed by atoms with Gasteiger partial charge in [0.05, 0.1) is 11.4 Å². The summed E-state index contributed by atoms with van der Waals surface area (Å²) in [4.78, 5) is 17.8. The number of anilines is 1. The molecule has 0 fully saturated rings. The van der Waals surface area contributed by atoms with Crippen molar-refractivity contribution >= 4 is 80.5 Å². The molecular formula is C19H15Cl2IN2OS2. The minimum Gasteiger partial charge on any atom is -0.325 e. The molecule has 1 amide bonds. The monoisotopic (exact) mass is 548 g/mol. The molecule has 3 rings (SSSR count). The lowest BCUT2D eigenvalue weighted by Gasteiger charge is -2.04. The quantitative estimate of drug-likeness (QED) is 0.276. The van der Waals surface area contributed by atoms with E-state index in [2.05, 4.69) is 32.9 Å². The summed E-state index contributed by atoms with van der Waals surface area (Å²) in [6, 6.07) is 13.2. The van der Waals surface area contributed by atoms with Crippen molar-refractivity contribution in [2.75, 3.05) is 11.1 Å². The average molecular weight is 549 g/mol. The van der Waals surface area contributed by atoms with Gasteiger partial charge in [-0.25, -0.2) is 4.98 Å². The molecule has 0 unspecified atom stereocenters. The number of thioether (sulfide) groups is 1. The highest BCUT2D eigenvalue weighted by Crippen LogP contribution is 2.31. The van der Waals surface area contributed by atoms with Crippen molar-refractivity contribution in [1.82, 2.24) is 4.98 Å². The lowest BCUT2D eigenvalue weighted by atomic mass is 10.1. The summed E-state index contributed by atoms with van der Waals surface area (Å²) in [5, 5.41) is 4.25. The van der Waals surface area contributed by atoms with E-state index in [0.29, 0.717) is 22.2 Å². The van der Waals surface area contributed by atoms with Gasteiger partial charge >= 0.3 is 0 Å². The molecule has 1 heterocycles. The molecule has 0 saturated heterocycles. The Hall–Kier alpha value is -0.800. The van der Waals surface area contributed by atoms with Gasteiger partial charge in [0.25, 0.3) is 0 Å². The Morgan fingerprint density at radius 1 is 1.22 bits per heavy atom. The third kappa shape index (κ3) is 6.09. The summed E-state index contributed by atoms with van der Waals surface area (Å²) in [7, 11) is 0. The topological polar surface area (TPSA) is 42.0 Å². The minimum atomic E-state index is -0.0477. The van der Waals surface area contributed by atoms with Crippen molar-refractivity contribution in [2.24, 2.45) is 0 Å². The largest absolute Gasteiger partial charge is 0.325 e. The van der Waals surface area contributed by atoms with Gasteiger partial charge in [-0.05, 0) is 77.5 Å². The number of carbonyl (C=O) groups is 1. The summed E-state index contributed by atoms with van der Waals surface area (Å²) in [6.07, 6.45) is 0.679. The van der Waals surface area contributed by atoms with Gasteiger partial charge in [-0.15, -0.1) is 11.3 Å². The van der Waals surface area contributed by atoms with Crippen LogP contribution in [-0.2, 0) is 11.2 Å². The number of hydrogen-bond donors (Lipinski definition) is 1. The Labute approximate surface area is 190 Å². The number of benzene rings is 2. The third-order valence-electron chi connectivity index (χ3n) is 3.69. The highest BCUT2D eigenvalue weighted by atomic mass is 127. The predicted molar refractivity (Wildman–Crippen MR) is 125 cm³/mol. The molecule has 8 heteroatoms. The van der Waals surface area contributed by atoms with Crippen molar-refractivity contribution in [2.45, 2.75) is 17.7 Å². The minimum absolute atomic E-state index is 0.0477. The molecule has 3 aromatic rings. The fourth-order valence-corrected chi connectivity index (χ4v) is 5.13. The standard InChI is InChI=1S/C19H15Cl2IN2OS2/c1-11-17(9-12-8-13(20)2-7-16(12)21)27-19(23-11)26-10-18(25)24-15-5-3-14(22)4-6-15/h2-8H,9-10H2,1H3,(H,24,25). The molecular weight excluding hydrogens is 534 g/mol. The van der Waals surface area contributed by atoms with Gasteiger partial charge in [-0.3, -0.25) is 4.79 Å². The van der Waals surface area contributed by atoms with Gasteiger partial charge in [0, 0.05) is 30.6 Å². The molecule has 0 atom stereocenters. The first kappa shape index (κ1) is 20.9. The van der Waals surface area contributed by atoms with Gasteiger partial charge in [-0.1, -0.05) is 35.0 Å². The van der Waals surface area contributed by atoms with E-state index in [0.717, 1.165) is 29.7 Å². The Kier molecular flexibility index (Phi) is 7.44. The first-order chi connectivity index (χ1) is 12.9. The number of hydrogen-bond acceptors (Lipinski definition) is 4. The van der Waals surface area contributed by atoms with Crippen LogP contribution in [0.1, 0.15) is 16.1 Å². The van der Waals surface area contributed by atoms with Crippen LogP contribution in [-0.4, -0.2) is 16.6 Å². The lowest BCUT2D eigenvalue weighted by Crippen LogP contribution is -2.13. The van der Waals surface area contributed by atoms with Crippen LogP contribution in [0.2, 0.25) is 10.0 Å². The number of nitrogens with zero attached hydrogens (tertiary/aromatic N) is 1. The van der Waals surface area contributed by atoms with Crippen molar-refractivity contribution in [3.8, 4) is 0 Å². The Bertz CT molecular complexity index is 961. The maximum Gasteiger partial charge on any atom is 0.234 e. The summed E-state index contributed by atoms with van der Waals surface area (Å²) < 4.78 is 2.00. The second-order valence-electron chi connectivity index (χ2n) is 5.74. The highest BCUT2D eigenvalue weighted by Gasteiger charge is 2.13. The summed E-state index contributed by atoms with van der Waals surface area (Å²) in [5.41, 5.74) is 2.73. The van der Waals surface area contributed by atoms with Crippen LogP contribution in [0.5, 0.6) is 0 Å². The Morgan fingerprint density at radius 2 is 1.96 bits per heavy atom. The number of rotatable bonds is 6. The predicted octanol–water partition coefficient (Wildman–Crippen LogP) is 6.68. The molecule has 0 radical (unpaired) electrons. The van der Waals surface area contributed by atoms with E-state index in [1.165, 1.54) is 11.8 Å². The molecule has 0 saturated carbocycles. The van der Waals surface area contributed by atoms with Crippen LogP contribution < -0.4 is 5.32 Å². The molecule has 1 aromatic heterocycles. The molecule has 0 spiro atoms. The lowest BCUT2D eigenvalue weighted by molar-refractivity contribution is -0.113. The normalized spacial score (nSPS) is 10.8. The van der Waals surface area contributed by atoms with Gasteiger partial charge in [-0.2, -0.15) is 0 Å². The first-order valence-electron chi connectivity index (χ1n) is 7.99. The number of amides is 1. The van der Waals surface area contributed by atoms with E-state index in [9.17, 15) is 4.79 Å². The SMILES string of the molecule is Cc1nc(SCC(=O)Nc2ccc(I)cc2)sc1Cc1cc(Cl)ccc1Cl. The summed E-state index contributed by atoms with van der Waals surface area (Å²) in [6.45, 7) is 1.97. The van der Waals surface area contributed by atoms with Crippen LogP contribution in [0, 0.1) is 10.5 Å². The van der Waals surface area contributed by atoms with Crippen molar-refractivity contribution in [1.29, 1.82) is 0 Å². The molecule has 27 heavy (non-hydrogen) atoms. The molecule has 3 nitrogen and oxygen atoms in total. The Morgan fingerprint density at radius 3 is 2.70 bits per heavy atom. The van der Waals surface area contributed by atoms with E-state index in [1.807, 2.05) is 37.3 Å². The molecule has 140 valence electrons. The molecule has 1 N–H and O–H groups in total. The van der Waals surface area contributed by atoms with Crippen molar-refractivity contribution in [3.63, 3.8) is 0 Å². The zero-order valence-corrected chi connectivity index (χ0v) is 19.6. The van der Waals surface area contributed by atoms with E-state index in [1.54, 1.807) is 23.5 Å². The van der Waals surface area contributed by atoms with E-state index in [4.69, 9.17) is 23.2 Å². The molecule has 0 aliphatic carbocycles. The first-order valence-corrected chi connectivity index (χ1v) is 11.6. The summed E-state index contributed by atoms with van der Waals surface area (Å²) in [5.74, 6) is 0.268. The second kappa shape index (κ2) is 9.60. The molecule has 0 bridgehead atoms. The zero-order valence-electron chi connectivity index (χ0n) is 14.3. The number of carbonyl (C=O) groups excluding carboxylic acids is 1. The fourth-order valence-electron chi connectivity index (χ4n) is 2.34. The third-order valence-corrected chi connectivity index (χ3v) is 7.31. The van der Waals surface area contributed by atoms with Crippen LogP contribution in [0.3, 0.4) is 0 Å². The van der Waals surface area contributed by atoms with Crippen LogP contribution >= 0.6 is 68.9 Å². The number of halogens is 3. The van der Waals surface area contributed by atoms with Gasteiger partial charge in [0.2, 0.25) is 5.91 Å². The maximum atomic E-state index is 12.1. The summed E-state index contributed by atoms with van der Waals surface area (Å²) >= 11 is 17.6. The van der Waals surface area contributed by atoms with Crippen LogP contribution in [0.25, 0.3) is 0 Å². The highest BCUT2D eigenvalue weighted by molar-refractivity contribution is 14.1. The van der Waals surface area contributed by atoms with Crippen molar-refractivity contribution in [3.05, 3.63) is 72.2 Å². The number of nitrogens with one attached hydrogen (secondary N) is 1. The zero-order chi connectivity index (χ0) is 19.4. The number of aromatic nitrogens is 1. The van der Waals surface area contributed by atoms with Crippen LogP contribution in [0.4, 0.5) is 5.69 Å². The maximum absolute atomic E-state index is 12.1. The van der Waals surface area contributed by atoms with Gasteiger partial charge < -0.3 is 5.32 Å².